The number of benzene rings is 1. The van der Waals surface area contributed by atoms with Gasteiger partial charge in [0.25, 0.3) is 5.91 Å². The van der Waals surface area contributed by atoms with Gasteiger partial charge in [0.15, 0.2) is 0 Å². The Morgan fingerprint density at radius 3 is 2.65 bits per heavy atom. The molecule has 0 aliphatic carbocycles. The van der Waals surface area contributed by atoms with Crippen LogP contribution in [0.2, 0.25) is 0 Å². The van der Waals surface area contributed by atoms with Gasteiger partial charge in [-0.25, -0.2) is 0 Å². The number of carbonyl (C=O) groups excluding carboxylic acids is 1. The van der Waals surface area contributed by atoms with Crippen molar-refractivity contribution >= 4 is 33.6 Å². The summed E-state index contributed by atoms with van der Waals surface area (Å²) >= 11 is 1.34. The van der Waals surface area contributed by atoms with Crippen LogP contribution in [0.25, 0.3) is 6.08 Å². The molecule has 1 saturated heterocycles. The third kappa shape index (κ3) is 4.46. The van der Waals surface area contributed by atoms with Gasteiger partial charge in [0.2, 0.25) is 10.3 Å². The molecule has 26 heavy (non-hydrogen) atoms. The van der Waals surface area contributed by atoms with Crippen LogP contribution in [0.5, 0.6) is 0 Å². The number of aromatic nitrogens is 2. The fourth-order valence-corrected chi connectivity index (χ4v) is 3.53. The average molecular weight is 367 g/mol. The van der Waals surface area contributed by atoms with Crippen LogP contribution < -0.4 is 10.2 Å². The van der Waals surface area contributed by atoms with Crippen molar-refractivity contribution in [3.8, 4) is 6.07 Å². The van der Waals surface area contributed by atoms with Crippen LogP contribution in [-0.4, -0.2) is 29.2 Å². The Morgan fingerprint density at radius 2 is 2.00 bits per heavy atom. The van der Waals surface area contributed by atoms with Crippen LogP contribution in [0, 0.1) is 24.2 Å². The third-order valence-electron chi connectivity index (χ3n) is 4.44. The lowest BCUT2D eigenvalue weighted by Crippen LogP contribution is -2.32. The van der Waals surface area contributed by atoms with Gasteiger partial charge in [0.05, 0.1) is 0 Å². The number of nitriles is 1. The standard InChI is InChI=1S/C19H21N5OS/c1-13-3-5-15(6-4-13)11-16(12-20)17(25)21-18-22-23-19(26-18)24-9-7-14(2)8-10-24/h3-6,11,14H,7-10H2,1-2H3,(H,21,22,25)/b16-11-. The summed E-state index contributed by atoms with van der Waals surface area (Å²) in [5.41, 5.74) is 1.97. The smallest absolute Gasteiger partial charge is 0.268 e. The van der Waals surface area contributed by atoms with Crippen molar-refractivity contribution in [3.05, 3.63) is 41.0 Å². The molecule has 1 N–H and O–H groups in total. The first kappa shape index (κ1) is 18.1. The first-order chi connectivity index (χ1) is 12.5. The Balaban J connectivity index is 1.67. The molecule has 1 amide bonds. The number of aryl methyl sites for hydroxylation is 1. The van der Waals surface area contributed by atoms with E-state index in [1.807, 2.05) is 37.3 Å². The van der Waals surface area contributed by atoms with Crippen molar-refractivity contribution < 1.29 is 4.79 Å². The number of nitrogens with zero attached hydrogens (tertiary/aromatic N) is 4. The number of nitrogens with one attached hydrogen (secondary N) is 1. The minimum Gasteiger partial charge on any atom is -0.347 e. The summed E-state index contributed by atoms with van der Waals surface area (Å²) in [7, 11) is 0. The van der Waals surface area contributed by atoms with Crippen LogP contribution in [0.15, 0.2) is 29.8 Å². The largest absolute Gasteiger partial charge is 0.347 e. The molecule has 134 valence electrons. The molecule has 0 unspecified atom stereocenters. The Morgan fingerprint density at radius 1 is 1.31 bits per heavy atom. The minimum absolute atomic E-state index is 0.0393. The lowest BCUT2D eigenvalue weighted by Gasteiger charge is -2.29. The highest BCUT2D eigenvalue weighted by Gasteiger charge is 2.20. The van der Waals surface area contributed by atoms with Crippen LogP contribution in [-0.2, 0) is 4.79 Å². The van der Waals surface area contributed by atoms with Crippen molar-refractivity contribution in [1.29, 1.82) is 5.26 Å². The summed E-state index contributed by atoms with van der Waals surface area (Å²) in [4.78, 5) is 14.6. The molecule has 0 saturated carbocycles. The molecule has 1 aliphatic heterocycles. The molecular formula is C19H21N5OS. The highest BCUT2D eigenvalue weighted by molar-refractivity contribution is 7.19. The zero-order valence-corrected chi connectivity index (χ0v) is 15.7. The summed E-state index contributed by atoms with van der Waals surface area (Å²) < 4.78 is 0. The predicted octanol–water partition coefficient (Wildman–Crippen LogP) is 3.63. The number of hydrogen-bond donors (Lipinski definition) is 1. The van der Waals surface area contributed by atoms with E-state index in [0.29, 0.717) is 5.13 Å². The highest BCUT2D eigenvalue weighted by Crippen LogP contribution is 2.28. The van der Waals surface area contributed by atoms with Crippen molar-refractivity contribution in [2.45, 2.75) is 26.7 Å². The maximum absolute atomic E-state index is 12.4. The second-order valence-corrected chi connectivity index (χ2v) is 7.55. The quantitative estimate of drug-likeness (QED) is 0.659. The predicted molar refractivity (Wildman–Crippen MR) is 104 cm³/mol. The number of carbonyl (C=O) groups is 1. The van der Waals surface area contributed by atoms with E-state index in [4.69, 9.17) is 0 Å². The van der Waals surface area contributed by atoms with Gasteiger partial charge in [0, 0.05) is 13.1 Å². The Hall–Kier alpha value is -2.72. The van der Waals surface area contributed by atoms with Gasteiger partial charge in [-0.3, -0.25) is 10.1 Å². The van der Waals surface area contributed by atoms with E-state index in [0.717, 1.165) is 48.1 Å². The second-order valence-electron chi connectivity index (χ2n) is 6.59. The first-order valence-corrected chi connectivity index (χ1v) is 9.45. The van der Waals surface area contributed by atoms with Crippen LogP contribution >= 0.6 is 11.3 Å². The maximum atomic E-state index is 12.4. The molecule has 6 nitrogen and oxygen atoms in total. The average Bonchev–Trinajstić information content (AvgIpc) is 3.10. The first-order valence-electron chi connectivity index (χ1n) is 8.63. The molecule has 0 radical (unpaired) electrons. The van der Waals surface area contributed by atoms with Crippen molar-refractivity contribution in [3.63, 3.8) is 0 Å². The van der Waals surface area contributed by atoms with E-state index in [2.05, 4.69) is 27.3 Å². The van der Waals surface area contributed by atoms with Gasteiger partial charge in [-0.1, -0.05) is 48.1 Å². The molecule has 1 aromatic carbocycles. The number of piperidine rings is 1. The number of amides is 1. The third-order valence-corrected chi connectivity index (χ3v) is 5.34. The molecule has 1 aromatic heterocycles. The maximum Gasteiger partial charge on any atom is 0.268 e. The monoisotopic (exact) mass is 367 g/mol. The molecule has 2 aromatic rings. The molecular weight excluding hydrogens is 346 g/mol. The summed E-state index contributed by atoms with van der Waals surface area (Å²) in [5.74, 6) is 0.270. The molecule has 0 spiro atoms. The molecule has 1 aliphatic rings. The van der Waals surface area contributed by atoms with E-state index in [1.165, 1.54) is 11.3 Å². The van der Waals surface area contributed by atoms with Crippen LogP contribution in [0.1, 0.15) is 30.9 Å². The Bertz CT molecular complexity index is 842. The van der Waals surface area contributed by atoms with Gasteiger partial charge in [-0.15, -0.1) is 10.2 Å². The number of anilines is 2. The second kappa shape index (κ2) is 8.11. The molecule has 0 bridgehead atoms. The molecule has 1 fully saturated rings. The summed E-state index contributed by atoms with van der Waals surface area (Å²) in [6, 6.07) is 9.59. The minimum atomic E-state index is -0.469. The van der Waals surface area contributed by atoms with E-state index >= 15 is 0 Å². The lowest BCUT2D eigenvalue weighted by atomic mass is 10.00. The van der Waals surface area contributed by atoms with Gasteiger partial charge >= 0.3 is 0 Å². The zero-order chi connectivity index (χ0) is 18.5. The molecule has 2 heterocycles. The molecule has 0 atom stereocenters. The van der Waals surface area contributed by atoms with E-state index in [9.17, 15) is 10.1 Å². The van der Waals surface area contributed by atoms with Crippen molar-refractivity contribution in [1.82, 2.24) is 10.2 Å². The zero-order valence-electron chi connectivity index (χ0n) is 14.9. The Labute approximate surface area is 157 Å². The van der Waals surface area contributed by atoms with E-state index < -0.39 is 5.91 Å². The van der Waals surface area contributed by atoms with Crippen molar-refractivity contribution in [2.75, 3.05) is 23.3 Å². The fourth-order valence-electron chi connectivity index (χ4n) is 2.74. The fraction of sp³-hybridized carbons (Fsp3) is 0.368. The van der Waals surface area contributed by atoms with E-state index in [-0.39, 0.29) is 5.57 Å². The summed E-state index contributed by atoms with van der Waals surface area (Å²) in [5, 5.41) is 21.4. The lowest BCUT2D eigenvalue weighted by molar-refractivity contribution is -0.112. The summed E-state index contributed by atoms with van der Waals surface area (Å²) in [6.07, 6.45) is 3.85. The van der Waals surface area contributed by atoms with Gasteiger partial charge in [0.1, 0.15) is 11.6 Å². The van der Waals surface area contributed by atoms with Crippen LogP contribution in [0.3, 0.4) is 0 Å². The van der Waals surface area contributed by atoms with Crippen molar-refractivity contribution in [2.24, 2.45) is 5.92 Å². The van der Waals surface area contributed by atoms with Gasteiger partial charge < -0.3 is 4.90 Å². The Kier molecular flexibility index (Phi) is 5.64. The number of hydrogen-bond acceptors (Lipinski definition) is 6. The SMILES string of the molecule is Cc1ccc(/C=C(/C#N)C(=O)Nc2nnc(N3CCC(C)CC3)s2)cc1. The van der Waals surface area contributed by atoms with Gasteiger partial charge in [-0.05, 0) is 37.3 Å². The topological polar surface area (TPSA) is 81.9 Å². The highest BCUT2D eigenvalue weighted by atomic mass is 32.1. The summed E-state index contributed by atoms with van der Waals surface area (Å²) in [6.45, 7) is 6.16. The molecule has 3 rings (SSSR count). The van der Waals surface area contributed by atoms with Gasteiger partial charge in [-0.2, -0.15) is 5.26 Å². The van der Waals surface area contributed by atoms with Crippen LogP contribution in [0.4, 0.5) is 10.3 Å². The van der Waals surface area contributed by atoms with E-state index in [1.54, 1.807) is 6.08 Å². The normalized spacial score (nSPS) is 15.6. The number of rotatable bonds is 4. The molecule has 7 heteroatoms.